The van der Waals surface area contributed by atoms with E-state index >= 15 is 0 Å². The minimum atomic E-state index is -0.809. The largest absolute Gasteiger partial charge is 0.497 e. The molecule has 1 aromatic rings. The quantitative estimate of drug-likeness (QED) is 0.390. The van der Waals surface area contributed by atoms with Crippen LogP contribution in [0.5, 0.6) is 5.75 Å². The number of ether oxygens (including phenoxy) is 2. The van der Waals surface area contributed by atoms with Gasteiger partial charge >= 0.3 is 5.97 Å². The van der Waals surface area contributed by atoms with E-state index in [1.165, 1.54) is 12.2 Å². The normalized spacial score (nSPS) is 17.8. The molecular formula is C18H25NO4S2. The SMILES string of the molecule is COc1ccc(NC(=O)[C@H](C)OC(=O)CCCC[C@@H]2CCSS2)cc1. The van der Waals surface area contributed by atoms with Gasteiger partial charge in [0, 0.05) is 23.1 Å². The maximum atomic E-state index is 12.1. The summed E-state index contributed by atoms with van der Waals surface area (Å²) in [5, 5.41) is 3.46. The van der Waals surface area contributed by atoms with Crippen molar-refractivity contribution in [2.75, 3.05) is 18.2 Å². The standard InChI is InChI=1S/C18H25NO4S2/c1-13(18(21)19-14-7-9-15(22-2)10-8-14)23-17(20)6-4-3-5-16-11-12-24-25-16/h7-10,13,16H,3-6,11-12H2,1-2H3,(H,19,21)/t13-,16+/m0/s1. The van der Waals surface area contributed by atoms with Gasteiger partial charge in [-0.3, -0.25) is 9.59 Å². The molecule has 0 radical (unpaired) electrons. The lowest BCUT2D eigenvalue weighted by Crippen LogP contribution is -2.29. The first-order valence-electron chi connectivity index (χ1n) is 8.51. The molecule has 0 aliphatic carbocycles. The molecule has 0 saturated carbocycles. The van der Waals surface area contributed by atoms with Crippen LogP contribution in [0.15, 0.2) is 24.3 Å². The number of hydrogen-bond acceptors (Lipinski definition) is 6. The molecule has 1 aliphatic heterocycles. The molecule has 1 aliphatic rings. The second-order valence-electron chi connectivity index (χ2n) is 5.92. The third-order valence-electron chi connectivity index (χ3n) is 3.92. The molecule has 7 heteroatoms. The molecule has 1 N–H and O–H groups in total. The summed E-state index contributed by atoms with van der Waals surface area (Å²) in [6.07, 6.45) is 3.81. The zero-order chi connectivity index (χ0) is 18.1. The number of carbonyl (C=O) groups is 2. The summed E-state index contributed by atoms with van der Waals surface area (Å²) in [5.74, 6) is 1.30. The lowest BCUT2D eigenvalue weighted by atomic mass is 10.1. The molecule has 2 atom stereocenters. The van der Waals surface area contributed by atoms with Crippen LogP contribution in [0.4, 0.5) is 5.69 Å². The van der Waals surface area contributed by atoms with Crippen LogP contribution in [0.1, 0.15) is 39.0 Å². The van der Waals surface area contributed by atoms with Gasteiger partial charge in [-0.2, -0.15) is 0 Å². The predicted octanol–water partition coefficient (Wildman–Crippen LogP) is 4.28. The fraction of sp³-hybridized carbons (Fsp3) is 0.556. The Morgan fingerprint density at radius 1 is 1.28 bits per heavy atom. The topological polar surface area (TPSA) is 64.6 Å². The molecule has 1 aromatic carbocycles. The highest BCUT2D eigenvalue weighted by Crippen LogP contribution is 2.39. The van der Waals surface area contributed by atoms with Gasteiger partial charge in [0.25, 0.3) is 5.91 Å². The molecule has 0 bridgehead atoms. The molecular weight excluding hydrogens is 358 g/mol. The second kappa shape index (κ2) is 10.6. The van der Waals surface area contributed by atoms with Crippen LogP contribution in [0, 0.1) is 0 Å². The van der Waals surface area contributed by atoms with Crippen LogP contribution < -0.4 is 10.1 Å². The summed E-state index contributed by atoms with van der Waals surface area (Å²) in [5.41, 5.74) is 0.639. The van der Waals surface area contributed by atoms with E-state index in [4.69, 9.17) is 9.47 Å². The number of hydrogen-bond donors (Lipinski definition) is 1. The monoisotopic (exact) mass is 383 g/mol. The zero-order valence-electron chi connectivity index (χ0n) is 14.7. The number of unbranched alkanes of at least 4 members (excludes halogenated alkanes) is 1. The van der Waals surface area contributed by atoms with Crippen LogP contribution in [0.3, 0.4) is 0 Å². The molecule has 5 nitrogen and oxygen atoms in total. The van der Waals surface area contributed by atoms with Crippen molar-refractivity contribution >= 4 is 39.2 Å². The number of benzene rings is 1. The van der Waals surface area contributed by atoms with E-state index in [9.17, 15) is 9.59 Å². The summed E-state index contributed by atoms with van der Waals surface area (Å²) in [6.45, 7) is 1.59. The molecule has 2 rings (SSSR count). The third-order valence-corrected chi connectivity index (χ3v) is 6.93. The zero-order valence-corrected chi connectivity index (χ0v) is 16.3. The number of esters is 1. The highest BCUT2D eigenvalue weighted by atomic mass is 33.1. The Labute approximate surface area is 157 Å². The van der Waals surface area contributed by atoms with Gasteiger partial charge in [0.15, 0.2) is 6.10 Å². The van der Waals surface area contributed by atoms with Crippen molar-refractivity contribution in [3.8, 4) is 5.75 Å². The van der Waals surface area contributed by atoms with Crippen molar-refractivity contribution in [2.45, 2.75) is 50.4 Å². The van der Waals surface area contributed by atoms with Gasteiger partial charge < -0.3 is 14.8 Å². The van der Waals surface area contributed by atoms with E-state index in [1.54, 1.807) is 38.3 Å². The van der Waals surface area contributed by atoms with Gasteiger partial charge in [-0.25, -0.2) is 0 Å². The average molecular weight is 384 g/mol. The lowest BCUT2D eigenvalue weighted by Gasteiger charge is -2.14. The maximum Gasteiger partial charge on any atom is 0.306 e. The van der Waals surface area contributed by atoms with Gasteiger partial charge in [-0.1, -0.05) is 28.0 Å². The van der Waals surface area contributed by atoms with Crippen molar-refractivity contribution in [1.29, 1.82) is 0 Å². The third kappa shape index (κ3) is 7.20. The number of amides is 1. The Morgan fingerprint density at radius 2 is 2.04 bits per heavy atom. The Bertz CT molecular complexity index is 559. The van der Waals surface area contributed by atoms with Crippen molar-refractivity contribution in [1.82, 2.24) is 0 Å². The van der Waals surface area contributed by atoms with Crippen LogP contribution in [-0.2, 0) is 14.3 Å². The van der Waals surface area contributed by atoms with E-state index in [2.05, 4.69) is 5.32 Å². The summed E-state index contributed by atoms with van der Waals surface area (Å²) < 4.78 is 10.3. The number of methoxy groups -OCH3 is 1. The minimum Gasteiger partial charge on any atom is -0.497 e. The molecule has 1 amide bonds. The van der Waals surface area contributed by atoms with E-state index in [0.29, 0.717) is 17.9 Å². The molecule has 0 aromatic heterocycles. The van der Waals surface area contributed by atoms with Crippen molar-refractivity contribution in [3.05, 3.63) is 24.3 Å². The first-order chi connectivity index (χ1) is 12.1. The molecule has 1 heterocycles. The summed E-state index contributed by atoms with van der Waals surface area (Å²) in [7, 11) is 5.48. The second-order valence-corrected chi connectivity index (χ2v) is 8.71. The van der Waals surface area contributed by atoms with Gasteiger partial charge in [0.1, 0.15) is 5.75 Å². The predicted molar refractivity (Wildman–Crippen MR) is 104 cm³/mol. The lowest BCUT2D eigenvalue weighted by molar-refractivity contribution is -0.153. The Kier molecular flexibility index (Phi) is 8.48. The number of carbonyl (C=O) groups excluding carboxylic acids is 2. The van der Waals surface area contributed by atoms with Crippen LogP contribution in [0.2, 0.25) is 0 Å². The number of anilines is 1. The number of rotatable bonds is 9. The van der Waals surface area contributed by atoms with Crippen LogP contribution in [0.25, 0.3) is 0 Å². The first-order valence-corrected chi connectivity index (χ1v) is 10.9. The Balaban J connectivity index is 1.63. The van der Waals surface area contributed by atoms with Gasteiger partial charge in [0.05, 0.1) is 7.11 Å². The fourth-order valence-electron chi connectivity index (χ4n) is 2.43. The minimum absolute atomic E-state index is 0.314. The van der Waals surface area contributed by atoms with Crippen molar-refractivity contribution in [3.63, 3.8) is 0 Å². The van der Waals surface area contributed by atoms with Gasteiger partial charge in [-0.05, 0) is 50.5 Å². The molecule has 25 heavy (non-hydrogen) atoms. The molecule has 1 saturated heterocycles. The number of nitrogens with one attached hydrogen (secondary N) is 1. The Hall–Kier alpha value is -1.34. The van der Waals surface area contributed by atoms with Gasteiger partial charge in [-0.15, -0.1) is 0 Å². The Morgan fingerprint density at radius 3 is 2.68 bits per heavy atom. The van der Waals surface area contributed by atoms with E-state index < -0.39 is 6.10 Å². The summed E-state index contributed by atoms with van der Waals surface area (Å²) >= 11 is 0. The molecule has 0 spiro atoms. The van der Waals surface area contributed by atoms with E-state index in [-0.39, 0.29) is 11.9 Å². The van der Waals surface area contributed by atoms with Gasteiger partial charge in [0.2, 0.25) is 0 Å². The first kappa shape index (κ1) is 20.0. The van der Waals surface area contributed by atoms with Crippen LogP contribution in [-0.4, -0.2) is 36.1 Å². The summed E-state index contributed by atoms with van der Waals surface area (Å²) in [6, 6.07) is 7.00. The average Bonchev–Trinajstić information content (AvgIpc) is 3.12. The highest BCUT2D eigenvalue weighted by Gasteiger charge is 2.19. The van der Waals surface area contributed by atoms with Crippen molar-refractivity contribution in [2.24, 2.45) is 0 Å². The van der Waals surface area contributed by atoms with E-state index in [0.717, 1.165) is 24.5 Å². The maximum absolute atomic E-state index is 12.1. The van der Waals surface area contributed by atoms with E-state index in [1.807, 2.05) is 21.6 Å². The van der Waals surface area contributed by atoms with Crippen molar-refractivity contribution < 1.29 is 19.1 Å². The van der Waals surface area contributed by atoms with Crippen LogP contribution >= 0.6 is 21.6 Å². The summed E-state index contributed by atoms with van der Waals surface area (Å²) in [4.78, 5) is 23.9. The molecule has 1 fully saturated rings. The molecule has 138 valence electrons. The fourth-order valence-corrected chi connectivity index (χ4v) is 5.46. The molecule has 0 unspecified atom stereocenters. The highest BCUT2D eigenvalue weighted by molar-refractivity contribution is 8.77. The smallest absolute Gasteiger partial charge is 0.306 e.